The number of hydrogen-bond donors (Lipinski definition) is 5. The summed E-state index contributed by atoms with van der Waals surface area (Å²) in [5.41, 5.74) is 8.06. The Morgan fingerprint density at radius 1 is 1.30 bits per heavy atom. The molecule has 2 amide bonds. The molecule has 0 fully saturated rings. The SMILES string of the molecule is Cc1cccc(C[C@H](NC(=O)N[C@@H](Cc2cnc[nH]2)c2nc(CN)no2)C(=O)O)c1. The number of amides is 2. The van der Waals surface area contributed by atoms with Gasteiger partial charge in [0.05, 0.1) is 12.9 Å². The number of carbonyl (C=O) groups is 2. The predicted molar refractivity (Wildman–Crippen MR) is 105 cm³/mol. The van der Waals surface area contributed by atoms with Gasteiger partial charge in [-0.05, 0) is 12.5 Å². The van der Waals surface area contributed by atoms with E-state index < -0.39 is 24.1 Å². The van der Waals surface area contributed by atoms with Gasteiger partial charge in [-0.25, -0.2) is 14.6 Å². The van der Waals surface area contributed by atoms with Crippen molar-refractivity contribution in [3.8, 4) is 0 Å². The molecule has 2 atom stereocenters. The van der Waals surface area contributed by atoms with Gasteiger partial charge in [0.15, 0.2) is 5.82 Å². The Hall–Kier alpha value is -3.73. The highest BCUT2D eigenvalue weighted by Gasteiger charge is 2.26. The van der Waals surface area contributed by atoms with E-state index >= 15 is 0 Å². The fourth-order valence-electron chi connectivity index (χ4n) is 2.94. The molecule has 0 saturated carbocycles. The largest absolute Gasteiger partial charge is 0.480 e. The van der Waals surface area contributed by atoms with Gasteiger partial charge in [0, 0.05) is 24.7 Å². The van der Waals surface area contributed by atoms with Crippen molar-refractivity contribution >= 4 is 12.0 Å². The Morgan fingerprint density at radius 3 is 2.77 bits per heavy atom. The molecule has 0 radical (unpaired) electrons. The lowest BCUT2D eigenvalue weighted by Crippen LogP contribution is -2.48. The lowest BCUT2D eigenvalue weighted by atomic mass is 10.0. The molecule has 3 rings (SSSR count). The maximum atomic E-state index is 12.6. The first-order valence-electron chi connectivity index (χ1n) is 9.29. The Kier molecular flexibility index (Phi) is 6.75. The molecule has 0 unspecified atom stereocenters. The van der Waals surface area contributed by atoms with Crippen LogP contribution in [0.15, 0.2) is 41.3 Å². The van der Waals surface area contributed by atoms with E-state index in [9.17, 15) is 14.7 Å². The molecule has 0 aliphatic carbocycles. The fourth-order valence-corrected chi connectivity index (χ4v) is 2.94. The summed E-state index contributed by atoms with van der Waals surface area (Å²) in [5.74, 6) is -0.685. The van der Waals surface area contributed by atoms with Crippen LogP contribution in [0.25, 0.3) is 0 Å². The van der Waals surface area contributed by atoms with Gasteiger partial charge in [-0.2, -0.15) is 4.98 Å². The molecule has 0 saturated heterocycles. The van der Waals surface area contributed by atoms with Crippen molar-refractivity contribution in [2.24, 2.45) is 5.73 Å². The number of benzene rings is 1. The zero-order valence-electron chi connectivity index (χ0n) is 16.3. The smallest absolute Gasteiger partial charge is 0.326 e. The second-order valence-corrected chi connectivity index (χ2v) is 6.79. The molecule has 3 aromatic rings. The van der Waals surface area contributed by atoms with Gasteiger partial charge in [0.2, 0.25) is 5.89 Å². The number of aromatic nitrogens is 4. The minimum Gasteiger partial charge on any atom is -0.480 e. The van der Waals surface area contributed by atoms with Gasteiger partial charge in [0.1, 0.15) is 12.1 Å². The number of carboxylic acids is 1. The number of urea groups is 1. The second-order valence-electron chi connectivity index (χ2n) is 6.79. The number of carboxylic acid groups (broad SMARTS) is 1. The van der Waals surface area contributed by atoms with Crippen molar-refractivity contribution < 1.29 is 19.2 Å². The van der Waals surface area contributed by atoms with Gasteiger partial charge < -0.3 is 31.0 Å². The zero-order chi connectivity index (χ0) is 21.5. The third-order valence-electron chi connectivity index (χ3n) is 4.37. The van der Waals surface area contributed by atoms with E-state index in [4.69, 9.17) is 10.3 Å². The number of imidazole rings is 1. The summed E-state index contributed by atoms with van der Waals surface area (Å²) in [6, 6.07) is 4.97. The first-order chi connectivity index (χ1) is 14.4. The maximum Gasteiger partial charge on any atom is 0.326 e. The molecule has 0 spiro atoms. The standard InChI is InChI=1S/C19H23N7O4/c1-11-3-2-4-12(5-11)6-15(18(27)28)24-19(29)23-14(7-13-9-21-10-22-13)17-25-16(8-20)26-30-17/h2-5,9-10,14-15H,6-8,20H2,1H3,(H,21,22)(H,27,28)(H2,23,24,29)/t14-,15-/m0/s1. The molecule has 158 valence electrons. The summed E-state index contributed by atoms with van der Waals surface area (Å²) >= 11 is 0. The maximum absolute atomic E-state index is 12.6. The number of rotatable bonds is 9. The number of aryl methyl sites for hydroxylation is 1. The molecule has 11 heteroatoms. The molecule has 2 aromatic heterocycles. The lowest BCUT2D eigenvalue weighted by Gasteiger charge is -2.19. The van der Waals surface area contributed by atoms with Crippen molar-refractivity contribution in [3.63, 3.8) is 0 Å². The molecule has 2 heterocycles. The second kappa shape index (κ2) is 9.65. The van der Waals surface area contributed by atoms with Gasteiger partial charge in [-0.1, -0.05) is 35.0 Å². The first kappa shape index (κ1) is 21.0. The van der Waals surface area contributed by atoms with Crippen molar-refractivity contribution in [2.45, 2.75) is 38.4 Å². The average Bonchev–Trinajstić information content (AvgIpc) is 3.38. The number of aliphatic carboxylic acids is 1. The summed E-state index contributed by atoms with van der Waals surface area (Å²) in [6.07, 6.45) is 3.54. The van der Waals surface area contributed by atoms with E-state index in [-0.39, 0.29) is 25.3 Å². The van der Waals surface area contributed by atoms with Crippen LogP contribution in [-0.4, -0.2) is 43.3 Å². The van der Waals surface area contributed by atoms with Crippen LogP contribution >= 0.6 is 0 Å². The van der Waals surface area contributed by atoms with Crippen LogP contribution in [0.2, 0.25) is 0 Å². The van der Waals surface area contributed by atoms with Crippen LogP contribution in [0.1, 0.15) is 34.6 Å². The molecule has 0 aliphatic heterocycles. The molecule has 1 aromatic carbocycles. The van der Waals surface area contributed by atoms with Crippen LogP contribution in [0.5, 0.6) is 0 Å². The van der Waals surface area contributed by atoms with E-state index in [2.05, 4.69) is 30.7 Å². The highest BCUT2D eigenvalue weighted by atomic mass is 16.5. The van der Waals surface area contributed by atoms with Gasteiger partial charge >= 0.3 is 12.0 Å². The summed E-state index contributed by atoms with van der Waals surface area (Å²) in [7, 11) is 0. The number of aromatic amines is 1. The molecule has 6 N–H and O–H groups in total. The Morgan fingerprint density at radius 2 is 2.13 bits per heavy atom. The quantitative estimate of drug-likeness (QED) is 0.343. The normalized spacial score (nSPS) is 12.9. The van der Waals surface area contributed by atoms with E-state index in [1.54, 1.807) is 6.20 Å². The molecule has 0 bridgehead atoms. The van der Waals surface area contributed by atoms with Crippen molar-refractivity contribution in [1.82, 2.24) is 30.7 Å². The molecule has 11 nitrogen and oxygen atoms in total. The first-order valence-corrected chi connectivity index (χ1v) is 9.29. The predicted octanol–water partition coefficient (Wildman–Crippen LogP) is 0.839. The average molecular weight is 413 g/mol. The zero-order valence-corrected chi connectivity index (χ0v) is 16.3. The number of carbonyl (C=O) groups excluding carboxylic acids is 1. The number of H-pyrrole nitrogens is 1. The fraction of sp³-hybridized carbons (Fsp3) is 0.316. The van der Waals surface area contributed by atoms with Gasteiger partial charge in [0.25, 0.3) is 0 Å². The Balaban J connectivity index is 1.70. The highest BCUT2D eigenvalue weighted by Crippen LogP contribution is 2.16. The van der Waals surface area contributed by atoms with Crippen LogP contribution in [0.3, 0.4) is 0 Å². The topological polar surface area (TPSA) is 172 Å². The highest BCUT2D eigenvalue weighted by molar-refractivity contribution is 5.83. The number of hydrogen-bond acceptors (Lipinski definition) is 7. The summed E-state index contributed by atoms with van der Waals surface area (Å²) in [6.45, 7) is 2.00. The van der Waals surface area contributed by atoms with E-state index in [1.165, 1.54) is 6.33 Å². The third kappa shape index (κ3) is 5.64. The molecular weight excluding hydrogens is 390 g/mol. The van der Waals surface area contributed by atoms with Gasteiger partial charge in [-0.3, -0.25) is 0 Å². The summed E-state index contributed by atoms with van der Waals surface area (Å²) < 4.78 is 5.19. The summed E-state index contributed by atoms with van der Waals surface area (Å²) in [4.78, 5) is 35.3. The molecule has 30 heavy (non-hydrogen) atoms. The van der Waals surface area contributed by atoms with Crippen LogP contribution < -0.4 is 16.4 Å². The number of nitrogens with two attached hydrogens (primary N) is 1. The lowest BCUT2D eigenvalue weighted by molar-refractivity contribution is -0.139. The van der Waals surface area contributed by atoms with Gasteiger partial charge in [-0.15, -0.1) is 0 Å². The van der Waals surface area contributed by atoms with Crippen molar-refractivity contribution in [2.75, 3.05) is 0 Å². The van der Waals surface area contributed by atoms with E-state index in [0.717, 1.165) is 16.8 Å². The van der Waals surface area contributed by atoms with Crippen molar-refractivity contribution in [3.05, 3.63) is 65.3 Å². The van der Waals surface area contributed by atoms with E-state index in [0.29, 0.717) is 5.82 Å². The number of nitrogens with one attached hydrogen (secondary N) is 3. The third-order valence-corrected chi connectivity index (χ3v) is 4.37. The minimum atomic E-state index is -1.14. The summed E-state index contributed by atoms with van der Waals surface area (Å²) in [5, 5.41) is 18.5. The van der Waals surface area contributed by atoms with E-state index in [1.807, 2.05) is 31.2 Å². The molecular formula is C19H23N7O4. The molecule has 0 aliphatic rings. The number of nitrogens with zero attached hydrogens (tertiary/aromatic N) is 3. The monoisotopic (exact) mass is 413 g/mol. The van der Waals surface area contributed by atoms with Crippen molar-refractivity contribution in [1.29, 1.82) is 0 Å². The Bertz CT molecular complexity index is 986. The van der Waals surface area contributed by atoms with Crippen LogP contribution in [-0.2, 0) is 24.2 Å². The van der Waals surface area contributed by atoms with Crippen LogP contribution in [0, 0.1) is 6.92 Å². The minimum absolute atomic E-state index is 0.0874. The Labute approximate surface area is 172 Å². The van der Waals surface area contributed by atoms with Crippen LogP contribution in [0.4, 0.5) is 4.79 Å².